The van der Waals surface area contributed by atoms with E-state index in [-0.39, 0.29) is 22.3 Å². The second-order valence-electron chi connectivity index (χ2n) is 8.64. The number of ether oxygens (including phenoxy) is 2. The van der Waals surface area contributed by atoms with E-state index in [0.717, 1.165) is 32.1 Å². The summed E-state index contributed by atoms with van der Waals surface area (Å²) in [6, 6.07) is 0. The first-order valence-corrected chi connectivity index (χ1v) is 9.34. The number of hydrogen-bond donors (Lipinski definition) is 1. The van der Waals surface area contributed by atoms with Gasteiger partial charge in [0.05, 0.1) is 24.7 Å². The standard InChI is InChI=1S/C21H30O3/c1-5-20(4)16-9-10-19(3)15(7-6-8-17(19)22)18(16,2)11-12-21(20)23-13-14-24-21/h5,7,9,17,22H,1,6,8,10-14H2,2-4H3/t17-,18-,19-,20+/m1/s1. The van der Waals surface area contributed by atoms with Gasteiger partial charge in [-0.1, -0.05) is 37.6 Å². The van der Waals surface area contributed by atoms with Gasteiger partial charge in [0.1, 0.15) is 0 Å². The number of fused-ring (bicyclic) bond motifs is 3. The van der Waals surface area contributed by atoms with Gasteiger partial charge >= 0.3 is 0 Å². The minimum atomic E-state index is -0.568. The molecule has 1 spiro atoms. The van der Waals surface area contributed by atoms with E-state index in [0.29, 0.717) is 13.2 Å². The molecule has 3 aliphatic carbocycles. The Morgan fingerprint density at radius 2 is 1.83 bits per heavy atom. The molecule has 0 unspecified atom stereocenters. The van der Waals surface area contributed by atoms with E-state index in [1.165, 1.54) is 11.1 Å². The third-order valence-corrected chi connectivity index (χ3v) is 7.53. The van der Waals surface area contributed by atoms with Crippen molar-refractivity contribution in [3.8, 4) is 0 Å². The summed E-state index contributed by atoms with van der Waals surface area (Å²) >= 11 is 0. The summed E-state index contributed by atoms with van der Waals surface area (Å²) < 4.78 is 12.3. The van der Waals surface area contributed by atoms with Crippen molar-refractivity contribution < 1.29 is 14.6 Å². The molecule has 4 aliphatic rings. The van der Waals surface area contributed by atoms with E-state index in [1.807, 2.05) is 6.08 Å². The van der Waals surface area contributed by atoms with Crippen molar-refractivity contribution in [2.45, 2.75) is 64.8 Å². The Hall–Kier alpha value is -0.900. The van der Waals surface area contributed by atoms with Gasteiger partial charge in [-0.2, -0.15) is 0 Å². The summed E-state index contributed by atoms with van der Waals surface area (Å²) in [4.78, 5) is 0. The lowest BCUT2D eigenvalue weighted by Crippen LogP contribution is -2.58. The van der Waals surface area contributed by atoms with E-state index < -0.39 is 5.79 Å². The van der Waals surface area contributed by atoms with E-state index in [4.69, 9.17) is 9.47 Å². The Kier molecular flexibility index (Phi) is 3.49. The first-order chi connectivity index (χ1) is 11.3. The van der Waals surface area contributed by atoms with Crippen LogP contribution >= 0.6 is 0 Å². The van der Waals surface area contributed by atoms with Crippen LogP contribution in [0.2, 0.25) is 0 Å². The summed E-state index contributed by atoms with van der Waals surface area (Å²) in [6.07, 6.45) is 11.1. The summed E-state index contributed by atoms with van der Waals surface area (Å²) in [7, 11) is 0. The highest BCUT2D eigenvalue weighted by Crippen LogP contribution is 2.67. The molecule has 2 fully saturated rings. The van der Waals surface area contributed by atoms with Crippen LogP contribution in [0, 0.1) is 16.2 Å². The molecule has 0 amide bonds. The van der Waals surface area contributed by atoms with Crippen molar-refractivity contribution in [2.75, 3.05) is 13.2 Å². The SMILES string of the molecule is C=C[C@@]1(C)C2=CC[C@]3(C)C(=CCC[C@H]3O)[C@@]2(C)CCC12OCCO2. The Morgan fingerprint density at radius 1 is 1.12 bits per heavy atom. The van der Waals surface area contributed by atoms with Gasteiger partial charge in [-0.25, -0.2) is 0 Å². The topological polar surface area (TPSA) is 38.7 Å². The van der Waals surface area contributed by atoms with Crippen LogP contribution in [-0.2, 0) is 9.47 Å². The first-order valence-electron chi connectivity index (χ1n) is 9.34. The maximum absolute atomic E-state index is 10.7. The highest BCUT2D eigenvalue weighted by molar-refractivity contribution is 5.47. The molecule has 0 aromatic carbocycles. The second-order valence-corrected chi connectivity index (χ2v) is 8.64. The molecule has 3 heteroatoms. The third-order valence-electron chi connectivity index (χ3n) is 7.53. The van der Waals surface area contributed by atoms with Gasteiger partial charge in [0.25, 0.3) is 0 Å². The molecular weight excluding hydrogens is 300 g/mol. The molecule has 4 atom stereocenters. The van der Waals surface area contributed by atoms with E-state index in [9.17, 15) is 5.11 Å². The van der Waals surface area contributed by atoms with Crippen LogP contribution < -0.4 is 0 Å². The predicted molar refractivity (Wildman–Crippen MR) is 94.4 cm³/mol. The zero-order valence-corrected chi connectivity index (χ0v) is 15.2. The molecule has 0 radical (unpaired) electrons. The lowest BCUT2D eigenvalue weighted by atomic mass is 9.46. The highest BCUT2D eigenvalue weighted by Gasteiger charge is 2.64. The van der Waals surface area contributed by atoms with E-state index in [1.54, 1.807) is 0 Å². The number of rotatable bonds is 1. The smallest absolute Gasteiger partial charge is 0.181 e. The highest BCUT2D eigenvalue weighted by atomic mass is 16.7. The lowest BCUT2D eigenvalue weighted by molar-refractivity contribution is -0.229. The monoisotopic (exact) mass is 330 g/mol. The van der Waals surface area contributed by atoms with Crippen molar-refractivity contribution in [2.24, 2.45) is 16.2 Å². The van der Waals surface area contributed by atoms with E-state index >= 15 is 0 Å². The first kappa shape index (κ1) is 16.6. The quantitative estimate of drug-likeness (QED) is 0.734. The average Bonchev–Trinajstić information content (AvgIpc) is 3.04. The predicted octanol–water partition coefficient (Wildman–Crippen LogP) is 4.14. The van der Waals surface area contributed by atoms with E-state index in [2.05, 4.69) is 39.5 Å². The Bertz CT molecular complexity index is 627. The van der Waals surface area contributed by atoms with Crippen molar-refractivity contribution in [3.63, 3.8) is 0 Å². The van der Waals surface area contributed by atoms with Gasteiger partial charge in [-0.3, -0.25) is 0 Å². The molecule has 0 aromatic rings. The normalized spacial score (nSPS) is 46.8. The van der Waals surface area contributed by atoms with Gasteiger partial charge in [-0.15, -0.1) is 6.58 Å². The van der Waals surface area contributed by atoms with Crippen molar-refractivity contribution in [1.29, 1.82) is 0 Å². The Labute approximate surface area is 145 Å². The molecule has 1 saturated heterocycles. The fourth-order valence-corrected chi connectivity index (χ4v) is 6.00. The molecule has 1 N–H and O–H groups in total. The van der Waals surface area contributed by atoms with Crippen LogP contribution in [-0.4, -0.2) is 30.2 Å². The maximum atomic E-state index is 10.7. The molecule has 0 aromatic heterocycles. The van der Waals surface area contributed by atoms with Gasteiger partial charge < -0.3 is 14.6 Å². The molecule has 3 nitrogen and oxygen atoms in total. The van der Waals surface area contributed by atoms with Crippen molar-refractivity contribution in [1.82, 2.24) is 0 Å². The molecular formula is C21H30O3. The van der Waals surface area contributed by atoms with Crippen LogP contribution in [0.5, 0.6) is 0 Å². The minimum Gasteiger partial charge on any atom is -0.392 e. The molecule has 1 saturated carbocycles. The Balaban J connectivity index is 1.87. The van der Waals surface area contributed by atoms with Crippen LogP contribution in [0.1, 0.15) is 52.9 Å². The Morgan fingerprint density at radius 3 is 2.50 bits per heavy atom. The molecule has 4 rings (SSSR count). The number of allylic oxidation sites excluding steroid dienone is 2. The summed E-state index contributed by atoms with van der Waals surface area (Å²) in [5.74, 6) is -0.568. The van der Waals surface area contributed by atoms with Gasteiger partial charge in [0.15, 0.2) is 5.79 Å². The summed E-state index contributed by atoms with van der Waals surface area (Å²) in [5, 5.41) is 10.7. The zero-order chi connectivity index (χ0) is 17.2. The third kappa shape index (κ3) is 1.79. The number of aliphatic hydroxyl groups is 1. The lowest BCUT2D eigenvalue weighted by Gasteiger charge is -2.61. The van der Waals surface area contributed by atoms with Gasteiger partial charge in [0, 0.05) is 17.3 Å². The number of aliphatic hydroxyl groups excluding tert-OH is 1. The summed E-state index contributed by atoms with van der Waals surface area (Å²) in [6.45, 7) is 12.3. The van der Waals surface area contributed by atoms with Crippen LogP contribution in [0.25, 0.3) is 0 Å². The molecule has 132 valence electrons. The maximum Gasteiger partial charge on any atom is 0.181 e. The molecule has 1 aliphatic heterocycles. The second kappa shape index (κ2) is 5.06. The number of hydrogen-bond acceptors (Lipinski definition) is 3. The molecule has 24 heavy (non-hydrogen) atoms. The largest absolute Gasteiger partial charge is 0.392 e. The minimum absolute atomic E-state index is 0.0438. The van der Waals surface area contributed by atoms with Crippen LogP contribution in [0.15, 0.2) is 36.0 Å². The van der Waals surface area contributed by atoms with Crippen molar-refractivity contribution in [3.05, 3.63) is 36.0 Å². The zero-order valence-electron chi connectivity index (χ0n) is 15.2. The summed E-state index contributed by atoms with van der Waals surface area (Å²) in [5.41, 5.74) is 2.28. The average molecular weight is 330 g/mol. The fourth-order valence-electron chi connectivity index (χ4n) is 6.00. The fraction of sp³-hybridized carbons (Fsp3) is 0.714. The van der Waals surface area contributed by atoms with Crippen molar-refractivity contribution >= 4 is 0 Å². The van der Waals surface area contributed by atoms with Crippen LogP contribution in [0.3, 0.4) is 0 Å². The van der Waals surface area contributed by atoms with Gasteiger partial charge in [0.2, 0.25) is 0 Å². The van der Waals surface area contributed by atoms with Crippen LogP contribution in [0.4, 0.5) is 0 Å². The molecule has 0 bridgehead atoms. The molecule has 1 heterocycles. The van der Waals surface area contributed by atoms with Gasteiger partial charge in [-0.05, 0) is 38.2 Å².